The minimum atomic E-state index is -0.139. The van der Waals surface area contributed by atoms with Crippen molar-refractivity contribution < 1.29 is 18.7 Å². The summed E-state index contributed by atoms with van der Waals surface area (Å²) >= 11 is 0. The van der Waals surface area contributed by atoms with E-state index < -0.39 is 0 Å². The Morgan fingerprint density at radius 3 is 2.22 bits per heavy atom. The van der Waals surface area contributed by atoms with Crippen LogP contribution in [-0.4, -0.2) is 54.9 Å². The highest BCUT2D eigenvalue weighted by atomic mass is 16.5. The third-order valence-electron chi connectivity index (χ3n) is 3.92. The standard InChI is InChI=1S/C17H18N2O4/c1-22-14-6-3-2-5-13(14)16(20)18-8-10-19(11-9-18)17(21)15-7-4-12-23-15/h2-7,12H,8-11H2,1H3. The third-order valence-corrected chi connectivity index (χ3v) is 3.92. The second-order valence-corrected chi connectivity index (χ2v) is 5.26. The molecule has 1 aromatic heterocycles. The molecule has 0 spiro atoms. The monoisotopic (exact) mass is 314 g/mol. The summed E-state index contributed by atoms with van der Waals surface area (Å²) in [4.78, 5) is 28.3. The molecule has 2 aromatic rings. The zero-order chi connectivity index (χ0) is 16.2. The maximum Gasteiger partial charge on any atom is 0.289 e. The van der Waals surface area contributed by atoms with Crippen molar-refractivity contribution in [3.05, 3.63) is 54.0 Å². The normalized spacial score (nSPS) is 14.7. The van der Waals surface area contributed by atoms with Crippen LogP contribution in [0, 0.1) is 0 Å². The molecule has 23 heavy (non-hydrogen) atoms. The maximum absolute atomic E-state index is 12.6. The van der Waals surface area contributed by atoms with Crippen LogP contribution in [0.2, 0.25) is 0 Å². The zero-order valence-corrected chi connectivity index (χ0v) is 12.9. The predicted octanol–water partition coefficient (Wildman–Crippen LogP) is 1.89. The van der Waals surface area contributed by atoms with Crippen molar-refractivity contribution >= 4 is 11.8 Å². The molecule has 2 amide bonds. The second-order valence-electron chi connectivity index (χ2n) is 5.26. The average Bonchev–Trinajstić information content (AvgIpc) is 3.15. The molecule has 3 rings (SSSR count). The van der Waals surface area contributed by atoms with Crippen molar-refractivity contribution in [1.82, 2.24) is 9.80 Å². The van der Waals surface area contributed by atoms with Crippen LogP contribution in [0.5, 0.6) is 5.75 Å². The Hall–Kier alpha value is -2.76. The molecule has 0 N–H and O–H groups in total. The lowest BCUT2D eigenvalue weighted by Crippen LogP contribution is -2.50. The number of methoxy groups -OCH3 is 1. The number of carbonyl (C=O) groups excluding carboxylic acids is 2. The number of nitrogens with zero attached hydrogens (tertiary/aromatic N) is 2. The van der Waals surface area contributed by atoms with Crippen LogP contribution in [0.1, 0.15) is 20.9 Å². The van der Waals surface area contributed by atoms with Gasteiger partial charge in [-0.25, -0.2) is 0 Å². The first kappa shape index (κ1) is 15.1. The molecular weight excluding hydrogens is 296 g/mol. The molecule has 1 aliphatic heterocycles. The fraction of sp³-hybridized carbons (Fsp3) is 0.294. The number of hydrogen-bond acceptors (Lipinski definition) is 4. The number of rotatable bonds is 3. The number of piperazine rings is 1. The molecule has 0 atom stereocenters. The van der Waals surface area contributed by atoms with Gasteiger partial charge in [0.25, 0.3) is 11.8 Å². The molecule has 0 radical (unpaired) electrons. The summed E-state index contributed by atoms with van der Waals surface area (Å²) in [6, 6.07) is 10.5. The zero-order valence-electron chi connectivity index (χ0n) is 12.9. The van der Waals surface area contributed by atoms with E-state index in [1.165, 1.54) is 6.26 Å². The van der Waals surface area contributed by atoms with Crippen molar-refractivity contribution in [1.29, 1.82) is 0 Å². The topological polar surface area (TPSA) is 63.0 Å². The van der Waals surface area contributed by atoms with Gasteiger partial charge in [0.15, 0.2) is 5.76 Å². The van der Waals surface area contributed by atoms with Crippen LogP contribution in [0.15, 0.2) is 47.1 Å². The summed E-state index contributed by atoms with van der Waals surface area (Å²) < 4.78 is 10.4. The summed E-state index contributed by atoms with van der Waals surface area (Å²) in [6.45, 7) is 1.95. The maximum atomic E-state index is 12.6. The van der Waals surface area contributed by atoms with Crippen molar-refractivity contribution in [2.24, 2.45) is 0 Å². The molecule has 6 nitrogen and oxygen atoms in total. The molecule has 0 bridgehead atoms. The van der Waals surface area contributed by atoms with E-state index in [-0.39, 0.29) is 11.8 Å². The lowest BCUT2D eigenvalue weighted by Gasteiger charge is -2.34. The first-order chi connectivity index (χ1) is 11.2. The van der Waals surface area contributed by atoms with Gasteiger partial charge in [-0.2, -0.15) is 0 Å². The second kappa shape index (κ2) is 6.56. The molecule has 1 saturated heterocycles. The van der Waals surface area contributed by atoms with Crippen LogP contribution in [-0.2, 0) is 0 Å². The lowest BCUT2D eigenvalue weighted by atomic mass is 10.1. The molecule has 1 aliphatic rings. The first-order valence-electron chi connectivity index (χ1n) is 7.46. The Morgan fingerprint density at radius 2 is 1.61 bits per heavy atom. The molecule has 2 heterocycles. The van der Waals surface area contributed by atoms with Gasteiger partial charge < -0.3 is 19.0 Å². The van der Waals surface area contributed by atoms with Gasteiger partial charge >= 0.3 is 0 Å². The van der Waals surface area contributed by atoms with E-state index >= 15 is 0 Å². The summed E-state index contributed by atoms with van der Waals surface area (Å²) in [5, 5.41) is 0. The molecule has 6 heteroatoms. The van der Waals surface area contributed by atoms with Gasteiger partial charge in [-0.05, 0) is 24.3 Å². The highest BCUT2D eigenvalue weighted by Gasteiger charge is 2.27. The van der Waals surface area contributed by atoms with E-state index in [9.17, 15) is 9.59 Å². The number of para-hydroxylation sites is 1. The molecule has 0 aliphatic carbocycles. The molecule has 1 aromatic carbocycles. The SMILES string of the molecule is COc1ccccc1C(=O)N1CCN(C(=O)c2ccco2)CC1. The van der Waals surface area contributed by atoms with Crippen molar-refractivity contribution in [2.45, 2.75) is 0 Å². The van der Waals surface area contributed by atoms with E-state index in [0.717, 1.165) is 0 Å². The molecule has 0 unspecified atom stereocenters. The number of benzene rings is 1. The van der Waals surface area contributed by atoms with Gasteiger partial charge in [0.05, 0.1) is 18.9 Å². The largest absolute Gasteiger partial charge is 0.496 e. The summed E-state index contributed by atoms with van der Waals surface area (Å²) in [5.41, 5.74) is 0.542. The van der Waals surface area contributed by atoms with Gasteiger partial charge in [-0.3, -0.25) is 9.59 Å². The Balaban J connectivity index is 1.65. The Bertz CT molecular complexity index is 688. The quantitative estimate of drug-likeness (QED) is 0.868. The fourth-order valence-electron chi connectivity index (χ4n) is 2.66. The summed E-state index contributed by atoms with van der Waals surface area (Å²) in [5.74, 6) is 0.674. The molecule has 120 valence electrons. The van der Waals surface area contributed by atoms with Crippen LogP contribution in [0.25, 0.3) is 0 Å². The van der Waals surface area contributed by atoms with Crippen LogP contribution in [0.3, 0.4) is 0 Å². The highest BCUT2D eigenvalue weighted by Crippen LogP contribution is 2.20. The first-order valence-corrected chi connectivity index (χ1v) is 7.46. The van der Waals surface area contributed by atoms with Gasteiger partial charge in [0.1, 0.15) is 5.75 Å². The van der Waals surface area contributed by atoms with E-state index in [0.29, 0.717) is 43.3 Å². The predicted molar refractivity (Wildman–Crippen MR) is 83.5 cm³/mol. The van der Waals surface area contributed by atoms with Gasteiger partial charge in [-0.1, -0.05) is 12.1 Å². The number of ether oxygens (including phenoxy) is 1. The van der Waals surface area contributed by atoms with Crippen molar-refractivity contribution in [3.63, 3.8) is 0 Å². The van der Waals surface area contributed by atoms with Crippen LogP contribution >= 0.6 is 0 Å². The smallest absolute Gasteiger partial charge is 0.289 e. The number of hydrogen-bond donors (Lipinski definition) is 0. The molecule has 1 fully saturated rings. The number of furan rings is 1. The summed E-state index contributed by atoms with van der Waals surface area (Å²) in [6.07, 6.45) is 1.48. The van der Waals surface area contributed by atoms with Crippen molar-refractivity contribution in [2.75, 3.05) is 33.3 Å². The highest BCUT2D eigenvalue weighted by molar-refractivity contribution is 5.97. The van der Waals surface area contributed by atoms with Gasteiger partial charge in [-0.15, -0.1) is 0 Å². The minimum absolute atomic E-state index is 0.0763. The lowest BCUT2D eigenvalue weighted by molar-refractivity contribution is 0.0516. The van der Waals surface area contributed by atoms with Crippen LogP contribution in [0.4, 0.5) is 0 Å². The third kappa shape index (κ3) is 3.06. The van der Waals surface area contributed by atoms with Crippen molar-refractivity contribution in [3.8, 4) is 5.75 Å². The van der Waals surface area contributed by atoms with E-state index in [1.54, 1.807) is 41.2 Å². The van der Waals surface area contributed by atoms with Gasteiger partial charge in [0, 0.05) is 26.2 Å². The molecule has 0 saturated carbocycles. The number of carbonyl (C=O) groups is 2. The van der Waals surface area contributed by atoms with E-state index in [4.69, 9.17) is 9.15 Å². The fourth-order valence-corrected chi connectivity index (χ4v) is 2.66. The minimum Gasteiger partial charge on any atom is -0.496 e. The average molecular weight is 314 g/mol. The molecular formula is C17H18N2O4. The van der Waals surface area contributed by atoms with Crippen LogP contribution < -0.4 is 4.74 Å². The van der Waals surface area contributed by atoms with E-state index in [2.05, 4.69) is 0 Å². The Kier molecular flexibility index (Phi) is 4.32. The number of amides is 2. The Labute approximate surface area is 134 Å². The van der Waals surface area contributed by atoms with E-state index in [1.807, 2.05) is 12.1 Å². The van der Waals surface area contributed by atoms with Gasteiger partial charge in [0.2, 0.25) is 0 Å². The summed E-state index contributed by atoms with van der Waals surface area (Å²) in [7, 11) is 1.55. The Morgan fingerprint density at radius 1 is 0.957 bits per heavy atom.